The van der Waals surface area contributed by atoms with Gasteiger partial charge in [0.2, 0.25) is 21.1 Å². The quantitative estimate of drug-likeness (QED) is 0.675. The lowest BCUT2D eigenvalue weighted by atomic mass is 10.2. The molecule has 1 N–H and O–H groups in total. The standard InChI is InChI=1S/C23H27N3O6S/c1-16-4-10-20(11-5-16)33(30,31)22(23(29)26-14-12-25(13-15-26)17(2)27)24-21(28)18-6-8-19(32-3)9-7-18/h4-11,22H,12-15H2,1-3H3,(H,24,28). The molecule has 0 saturated carbocycles. The highest BCUT2D eigenvalue weighted by molar-refractivity contribution is 7.92. The van der Waals surface area contributed by atoms with Crippen molar-refractivity contribution >= 4 is 27.6 Å². The molecule has 1 heterocycles. The third-order valence-corrected chi connectivity index (χ3v) is 7.40. The Morgan fingerprint density at radius 3 is 1.97 bits per heavy atom. The maximum absolute atomic E-state index is 13.4. The van der Waals surface area contributed by atoms with E-state index in [0.29, 0.717) is 18.8 Å². The smallest absolute Gasteiger partial charge is 0.261 e. The van der Waals surface area contributed by atoms with Gasteiger partial charge in [-0.25, -0.2) is 8.42 Å². The van der Waals surface area contributed by atoms with E-state index < -0.39 is 27.0 Å². The van der Waals surface area contributed by atoms with E-state index in [1.54, 1.807) is 29.2 Å². The first kappa shape index (κ1) is 24.2. The average Bonchev–Trinajstić information content (AvgIpc) is 2.82. The summed E-state index contributed by atoms with van der Waals surface area (Å²) in [7, 11) is -2.75. The third-order valence-electron chi connectivity index (χ3n) is 5.54. The van der Waals surface area contributed by atoms with E-state index >= 15 is 0 Å². The number of aryl methyl sites for hydroxylation is 1. The Kier molecular flexibility index (Phi) is 7.37. The van der Waals surface area contributed by atoms with Crippen LogP contribution in [0.3, 0.4) is 0 Å². The molecule has 0 aliphatic carbocycles. The monoisotopic (exact) mass is 473 g/mol. The second kappa shape index (κ2) is 10.0. The van der Waals surface area contributed by atoms with E-state index in [4.69, 9.17) is 4.74 Å². The van der Waals surface area contributed by atoms with Crippen LogP contribution in [0.5, 0.6) is 5.75 Å². The van der Waals surface area contributed by atoms with Crippen molar-refractivity contribution in [1.82, 2.24) is 15.1 Å². The lowest BCUT2D eigenvalue weighted by molar-refractivity contribution is -0.138. The van der Waals surface area contributed by atoms with Crippen molar-refractivity contribution in [2.75, 3.05) is 33.3 Å². The van der Waals surface area contributed by atoms with Crippen LogP contribution in [-0.4, -0.2) is 74.6 Å². The zero-order chi connectivity index (χ0) is 24.2. The molecule has 1 unspecified atom stereocenters. The molecule has 176 valence electrons. The van der Waals surface area contributed by atoms with E-state index in [2.05, 4.69) is 5.32 Å². The molecule has 0 aromatic heterocycles. The minimum Gasteiger partial charge on any atom is -0.497 e. The summed E-state index contributed by atoms with van der Waals surface area (Å²) >= 11 is 0. The Labute approximate surface area is 193 Å². The van der Waals surface area contributed by atoms with Crippen molar-refractivity contribution < 1.29 is 27.5 Å². The molecule has 2 aromatic rings. The van der Waals surface area contributed by atoms with Gasteiger partial charge in [-0.05, 0) is 43.3 Å². The topological polar surface area (TPSA) is 113 Å². The Hall–Kier alpha value is -3.40. The summed E-state index contributed by atoms with van der Waals surface area (Å²) < 4.78 is 31.9. The van der Waals surface area contributed by atoms with E-state index in [1.165, 1.54) is 43.2 Å². The number of carbonyl (C=O) groups is 3. The van der Waals surface area contributed by atoms with Crippen molar-refractivity contribution in [1.29, 1.82) is 0 Å². The molecule has 0 bridgehead atoms. The van der Waals surface area contributed by atoms with E-state index in [-0.39, 0.29) is 29.5 Å². The molecule has 1 saturated heterocycles. The highest BCUT2D eigenvalue weighted by Crippen LogP contribution is 2.19. The van der Waals surface area contributed by atoms with Gasteiger partial charge >= 0.3 is 0 Å². The number of nitrogens with one attached hydrogen (secondary N) is 1. The minimum absolute atomic E-state index is 0.0659. The molecule has 1 atom stereocenters. The SMILES string of the molecule is COc1ccc(C(=O)NC(C(=O)N2CCN(C(C)=O)CC2)S(=O)(=O)c2ccc(C)cc2)cc1. The number of rotatable bonds is 6. The summed E-state index contributed by atoms with van der Waals surface area (Å²) in [5.41, 5.74) is 1.05. The normalized spacial score (nSPS) is 15.0. The molecule has 3 amide bonds. The lowest BCUT2D eigenvalue weighted by Gasteiger charge is -2.36. The molecule has 9 nitrogen and oxygen atoms in total. The largest absolute Gasteiger partial charge is 0.497 e. The van der Waals surface area contributed by atoms with Crippen LogP contribution in [0.1, 0.15) is 22.8 Å². The molecule has 0 spiro atoms. The highest BCUT2D eigenvalue weighted by Gasteiger charge is 2.39. The third kappa shape index (κ3) is 5.51. The molecular weight excluding hydrogens is 446 g/mol. The predicted octanol–water partition coefficient (Wildman–Crippen LogP) is 1.22. The van der Waals surface area contributed by atoms with Crippen molar-refractivity contribution in [2.45, 2.75) is 24.1 Å². The van der Waals surface area contributed by atoms with Gasteiger partial charge in [0.05, 0.1) is 12.0 Å². The Morgan fingerprint density at radius 2 is 1.45 bits per heavy atom. The van der Waals surface area contributed by atoms with E-state index in [1.807, 2.05) is 6.92 Å². The first-order valence-electron chi connectivity index (χ1n) is 10.4. The fraction of sp³-hybridized carbons (Fsp3) is 0.348. The van der Waals surface area contributed by atoms with Crippen molar-refractivity contribution in [3.8, 4) is 5.75 Å². The zero-order valence-corrected chi connectivity index (χ0v) is 19.6. The number of hydrogen-bond acceptors (Lipinski definition) is 6. The maximum atomic E-state index is 13.4. The van der Waals surface area contributed by atoms with Crippen molar-refractivity contribution in [2.24, 2.45) is 0 Å². The molecule has 1 fully saturated rings. The van der Waals surface area contributed by atoms with Crippen LogP contribution < -0.4 is 10.1 Å². The molecular formula is C23H27N3O6S. The zero-order valence-electron chi connectivity index (χ0n) is 18.8. The maximum Gasteiger partial charge on any atom is 0.261 e. The summed E-state index contributed by atoms with van der Waals surface area (Å²) in [5.74, 6) is -1.01. The van der Waals surface area contributed by atoms with Gasteiger partial charge < -0.3 is 19.9 Å². The van der Waals surface area contributed by atoms with Crippen LogP contribution in [0.4, 0.5) is 0 Å². The van der Waals surface area contributed by atoms with Gasteiger partial charge in [0.1, 0.15) is 5.75 Å². The summed E-state index contributed by atoms with van der Waals surface area (Å²) in [4.78, 5) is 40.7. The number of amides is 3. The van der Waals surface area contributed by atoms with Crippen LogP contribution in [-0.2, 0) is 19.4 Å². The lowest BCUT2D eigenvalue weighted by Crippen LogP contribution is -2.57. The predicted molar refractivity (Wildman–Crippen MR) is 121 cm³/mol. The van der Waals surface area contributed by atoms with Crippen LogP contribution in [0, 0.1) is 6.92 Å². The molecule has 10 heteroatoms. The Bertz CT molecular complexity index is 1120. The van der Waals surface area contributed by atoms with Crippen molar-refractivity contribution in [3.63, 3.8) is 0 Å². The highest BCUT2D eigenvalue weighted by atomic mass is 32.2. The van der Waals surface area contributed by atoms with Gasteiger partial charge in [0.25, 0.3) is 11.8 Å². The first-order chi connectivity index (χ1) is 15.6. The fourth-order valence-electron chi connectivity index (χ4n) is 3.49. The number of ether oxygens (including phenoxy) is 1. The summed E-state index contributed by atoms with van der Waals surface area (Å²) in [6.07, 6.45) is 0. The molecule has 2 aromatic carbocycles. The van der Waals surface area contributed by atoms with Gasteiger partial charge in [-0.2, -0.15) is 0 Å². The first-order valence-corrected chi connectivity index (χ1v) is 12.0. The van der Waals surface area contributed by atoms with Crippen LogP contribution in [0.2, 0.25) is 0 Å². The fourth-order valence-corrected chi connectivity index (χ4v) is 4.95. The molecule has 3 rings (SSSR count). The second-order valence-electron chi connectivity index (χ2n) is 7.77. The number of sulfone groups is 1. The number of methoxy groups -OCH3 is 1. The molecule has 33 heavy (non-hydrogen) atoms. The van der Waals surface area contributed by atoms with Gasteiger partial charge in [0.15, 0.2) is 0 Å². The Morgan fingerprint density at radius 1 is 0.909 bits per heavy atom. The average molecular weight is 474 g/mol. The van der Waals surface area contributed by atoms with Gasteiger partial charge in [-0.1, -0.05) is 17.7 Å². The Balaban J connectivity index is 1.90. The number of piperazine rings is 1. The van der Waals surface area contributed by atoms with Crippen LogP contribution in [0.15, 0.2) is 53.4 Å². The summed E-state index contributed by atoms with van der Waals surface area (Å²) in [5, 5.41) is 0.609. The van der Waals surface area contributed by atoms with Crippen molar-refractivity contribution in [3.05, 3.63) is 59.7 Å². The van der Waals surface area contributed by atoms with Gasteiger partial charge in [-0.15, -0.1) is 0 Å². The number of carbonyl (C=O) groups excluding carboxylic acids is 3. The second-order valence-corrected chi connectivity index (χ2v) is 9.80. The summed E-state index contributed by atoms with van der Waals surface area (Å²) in [6, 6.07) is 12.2. The molecule has 1 aliphatic heterocycles. The van der Waals surface area contributed by atoms with Gasteiger partial charge in [0, 0.05) is 38.7 Å². The van der Waals surface area contributed by atoms with Gasteiger partial charge in [-0.3, -0.25) is 14.4 Å². The van der Waals surface area contributed by atoms with E-state index in [9.17, 15) is 22.8 Å². The molecule has 1 aliphatic rings. The number of hydrogen-bond donors (Lipinski definition) is 1. The minimum atomic E-state index is -4.24. The van der Waals surface area contributed by atoms with E-state index in [0.717, 1.165) is 5.56 Å². The summed E-state index contributed by atoms with van der Waals surface area (Å²) in [6.45, 7) is 4.21. The van der Waals surface area contributed by atoms with Crippen LogP contribution >= 0.6 is 0 Å². The van der Waals surface area contributed by atoms with Crippen LogP contribution in [0.25, 0.3) is 0 Å². The number of nitrogens with zero attached hydrogens (tertiary/aromatic N) is 2. The number of benzene rings is 2. The molecule has 0 radical (unpaired) electrons.